The van der Waals surface area contributed by atoms with Crippen molar-refractivity contribution in [3.63, 3.8) is 0 Å². The standard InChI is InChI=1S/C18H20BrN3O4/c1-25-18(24)15-7-6-13(26-15)12-21-8-3-9-22(11-10-21)17(23)14-4-2-5-16(19)20-14/h2,4-7H,3,8-12H2,1H3. The van der Waals surface area contributed by atoms with E-state index in [-0.39, 0.29) is 11.7 Å². The molecule has 0 atom stereocenters. The summed E-state index contributed by atoms with van der Waals surface area (Å²) in [6, 6.07) is 8.74. The van der Waals surface area contributed by atoms with Gasteiger partial charge in [0.05, 0.1) is 13.7 Å². The molecular weight excluding hydrogens is 402 g/mol. The monoisotopic (exact) mass is 421 g/mol. The van der Waals surface area contributed by atoms with E-state index in [1.807, 2.05) is 11.0 Å². The lowest BCUT2D eigenvalue weighted by atomic mass is 10.3. The summed E-state index contributed by atoms with van der Waals surface area (Å²) in [6.07, 6.45) is 0.865. The second kappa shape index (κ2) is 8.46. The van der Waals surface area contributed by atoms with Crippen LogP contribution in [0.15, 0.2) is 39.4 Å². The van der Waals surface area contributed by atoms with Crippen LogP contribution in [-0.4, -0.2) is 59.9 Å². The third-order valence-electron chi connectivity index (χ3n) is 4.24. The van der Waals surface area contributed by atoms with Crippen molar-refractivity contribution < 1.29 is 18.7 Å². The number of ether oxygens (including phenoxy) is 1. The van der Waals surface area contributed by atoms with E-state index in [9.17, 15) is 9.59 Å². The molecule has 0 aliphatic carbocycles. The Kier molecular flexibility index (Phi) is 6.05. The highest BCUT2D eigenvalue weighted by Gasteiger charge is 2.22. The Balaban J connectivity index is 1.59. The Labute approximate surface area is 160 Å². The van der Waals surface area contributed by atoms with Crippen LogP contribution in [0.25, 0.3) is 0 Å². The van der Waals surface area contributed by atoms with E-state index in [4.69, 9.17) is 4.42 Å². The summed E-state index contributed by atoms with van der Waals surface area (Å²) in [6.45, 7) is 3.48. The third-order valence-corrected chi connectivity index (χ3v) is 4.68. The molecule has 3 heterocycles. The minimum Gasteiger partial charge on any atom is -0.463 e. The van der Waals surface area contributed by atoms with E-state index in [1.165, 1.54) is 7.11 Å². The highest BCUT2D eigenvalue weighted by atomic mass is 79.9. The maximum Gasteiger partial charge on any atom is 0.373 e. The van der Waals surface area contributed by atoms with Gasteiger partial charge < -0.3 is 14.1 Å². The number of esters is 1. The molecule has 1 amide bonds. The molecule has 1 saturated heterocycles. The number of carbonyl (C=O) groups is 2. The molecule has 0 saturated carbocycles. The smallest absolute Gasteiger partial charge is 0.373 e. The van der Waals surface area contributed by atoms with Gasteiger partial charge in [-0.05, 0) is 46.6 Å². The molecule has 1 aliphatic rings. The van der Waals surface area contributed by atoms with Crippen LogP contribution in [0, 0.1) is 0 Å². The van der Waals surface area contributed by atoms with Gasteiger partial charge in [0.2, 0.25) is 5.76 Å². The van der Waals surface area contributed by atoms with Gasteiger partial charge in [-0.2, -0.15) is 0 Å². The zero-order valence-electron chi connectivity index (χ0n) is 14.5. The SMILES string of the molecule is COC(=O)c1ccc(CN2CCCN(C(=O)c3cccc(Br)n3)CC2)o1. The van der Waals surface area contributed by atoms with Crippen molar-refractivity contribution in [2.24, 2.45) is 0 Å². The van der Waals surface area contributed by atoms with Crippen molar-refractivity contribution in [1.82, 2.24) is 14.8 Å². The Bertz CT molecular complexity index is 792. The first-order valence-corrected chi connectivity index (χ1v) is 9.17. The predicted octanol–water partition coefficient (Wildman–Crippen LogP) is 2.57. The largest absolute Gasteiger partial charge is 0.463 e. The second-order valence-electron chi connectivity index (χ2n) is 6.02. The Hall–Kier alpha value is -2.19. The number of hydrogen-bond donors (Lipinski definition) is 0. The summed E-state index contributed by atoms with van der Waals surface area (Å²) >= 11 is 3.30. The number of carbonyl (C=O) groups excluding carboxylic acids is 2. The van der Waals surface area contributed by atoms with Crippen molar-refractivity contribution in [1.29, 1.82) is 0 Å². The maximum atomic E-state index is 12.6. The number of nitrogens with zero attached hydrogens (tertiary/aromatic N) is 3. The van der Waals surface area contributed by atoms with E-state index in [1.54, 1.807) is 24.3 Å². The minimum absolute atomic E-state index is 0.0564. The van der Waals surface area contributed by atoms with Crippen LogP contribution in [0.4, 0.5) is 0 Å². The van der Waals surface area contributed by atoms with Gasteiger partial charge in [-0.3, -0.25) is 9.69 Å². The lowest BCUT2D eigenvalue weighted by molar-refractivity contribution is 0.0560. The summed E-state index contributed by atoms with van der Waals surface area (Å²) in [4.78, 5) is 32.4. The summed E-state index contributed by atoms with van der Waals surface area (Å²) in [5, 5.41) is 0. The van der Waals surface area contributed by atoms with E-state index >= 15 is 0 Å². The lowest BCUT2D eigenvalue weighted by Crippen LogP contribution is -2.35. The molecule has 1 aliphatic heterocycles. The number of furan rings is 1. The van der Waals surface area contributed by atoms with Crippen molar-refractivity contribution in [3.8, 4) is 0 Å². The van der Waals surface area contributed by atoms with Gasteiger partial charge in [0.15, 0.2) is 0 Å². The topological polar surface area (TPSA) is 75.9 Å². The molecule has 26 heavy (non-hydrogen) atoms. The summed E-state index contributed by atoms with van der Waals surface area (Å²) in [5.74, 6) is 0.373. The van der Waals surface area contributed by atoms with Crippen LogP contribution in [0.2, 0.25) is 0 Å². The fourth-order valence-corrected chi connectivity index (χ4v) is 3.26. The van der Waals surface area contributed by atoms with Crippen molar-refractivity contribution in [2.45, 2.75) is 13.0 Å². The zero-order valence-corrected chi connectivity index (χ0v) is 16.1. The average Bonchev–Trinajstić information content (AvgIpc) is 2.98. The van der Waals surface area contributed by atoms with Crippen LogP contribution in [0.3, 0.4) is 0 Å². The fourth-order valence-electron chi connectivity index (χ4n) is 2.92. The van der Waals surface area contributed by atoms with Crippen LogP contribution >= 0.6 is 15.9 Å². The van der Waals surface area contributed by atoms with Crippen molar-refractivity contribution >= 4 is 27.8 Å². The summed E-state index contributed by atoms with van der Waals surface area (Å²) in [7, 11) is 1.32. The van der Waals surface area contributed by atoms with Crippen LogP contribution in [0.5, 0.6) is 0 Å². The molecule has 138 valence electrons. The predicted molar refractivity (Wildman–Crippen MR) is 97.8 cm³/mol. The van der Waals surface area contributed by atoms with Crippen molar-refractivity contribution in [3.05, 3.63) is 52.1 Å². The molecule has 0 spiro atoms. The molecule has 0 bridgehead atoms. The summed E-state index contributed by atoms with van der Waals surface area (Å²) in [5.41, 5.74) is 0.446. The molecule has 3 rings (SSSR count). The van der Waals surface area contributed by atoms with Crippen molar-refractivity contribution in [2.75, 3.05) is 33.3 Å². The molecular formula is C18H20BrN3O4. The van der Waals surface area contributed by atoms with Gasteiger partial charge in [0.1, 0.15) is 16.1 Å². The molecule has 0 N–H and O–H groups in total. The molecule has 0 aromatic carbocycles. The second-order valence-corrected chi connectivity index (χ2v) is 6.84. The molecule has 1 fully saturated rings. The van der Waals surface area contributed by atoms with Gasteiger partial charge in [-0.1, -0.05) is 6.07 Å². The maximum absolute atomic E-state index is 12.6. The Morgan fingerprint density at radius 2 is 2.04 bits per heavy atom. The number of rotatable bonds is 4. The van der Waals surface area contributed by atoms with E-state index in [0.717, 1.165) is 19.5 Å². The highest BCUT2D eigenvalue weighted by molar-refractivity contribution is 9.10. The van der Waals surface area contributed by atoms with Gasteiger partial charge in [0, 0.05) is 26.2 Å². The van der Waals surface area contributed by atoms with Gasteiger partial charge in [-0.15, -0.1) is 0 Å². The molecule has 0 unspecified atom stereocenters. The number of amides is 1. The summed E-state index contributed by atoms with van der Waals surface area (Å²) < 4.78 is 10.8. The zero-order chi connectivity index (χ0) is 18.5. The van der Waals surface area contributed by atoms with Crippen LogP contribution < -0.4 is 0 Å². The van der Waals surface area contributed by atoms with Crippen LogP contribution in [-0.2, 0) is 11.3 Å². The van der Waals surface area contributed by atoms with Crippen LogP contribution in [0.1, 0.15) is 33.2 Å². The Morgan fingerprint density at radius 1 is 1.19 bits per heavy atom. The molecule has 7 nitrogen and oxygen atoms in total. The van der Waals surface area contributed by atoms with E-state index in [2.05, 4.69) is 30.6 Å². The van der Waals surface area contributed by atoms with E-state index < -0.39 is 5.97 Å². The fraction of sp³-hybridized carbons (Fsp3) is 0.389. The van der Waals surface area contributed by atoms with E-state index in [0.29, 0.717) is 35.7 Å². The third kappa shape index (κ3) is 4.50. The first-order valence-electron chi connectivity index (χ1n) is 8.38. The number of halogens is 1. The van der Waals surface area contributed by atoms with Gasteiger partial charge in [0.25, 0.3) is 5.91 Å². The normalized spacial score (nSPS) is 15.5. The molecule has 2 aromatic heterocycles. The average molecular weight is 422 g/mol. The number of pyridine rings is 1. The molecule has 0 radical (unpaired) electrons. The number of hydrogen-bond acceptors (Lipinski definition) is 6. The van der Waals surface area contributed by atoms with Gasteiger partial charge in [-0.25, -0.2) is 9.78 Å². The minimum atomic E-state index is -0.481. The number of aromatic nitrogens is 1. The van der Waals surface area contributed by atoms with Gasteiger partial charge >= 0.3 is 5.97 Å². The molecule has 8 heteroatoms. The first kappa shape index (κ1) is 18.6. The lowest BCUT2D eigenvalue weighted by Gasteiger charge is -2.21. The quantitative estimate of drug-likeness (QED) is 0.557. The molecule has 2 aromatic rings. The highest BCUT2D eigenvalue weighted by Crippen LogP contribution is 2.15. The number of methoxy groups -OCH3 is 1. The Morgan fingerprint density at radius 3 is 2.81 bits per heavy atom. The first-order chi connectivity index (χ1) is 12.6.